The van der Waals surface area contributed by atoms with Crippen LogP contribution in [-0.4, -0.2) is 40.9 Å². The van der Waals surface area contributed by atoms with Crippen LogP contribution in [0.4, 0.5) is 57.1 Å². The quantitative estimate of drug-likeness (QED) is 0.587. The van der Waals surface area contributed by atoms with Gasteiger partial charge in [-0.2, -0.15) is 57.1 Å². The average Bonchev–Trinajstić information content (AvgIpc) is 2.52. The van der Waals surface area contributed by atoms with Crippen molar-refractivity contribution in [1.29, 1.82) is 0 Å². The number of halogens is 13. The molecule has 1 aromatic rings. The summed E-state index contributed by atoms with van der Waals surface area (Å²) in [5.74, 6) is -40.5. The molecule has 0 aliphatic rings. The van der Waals surface area contributed by atoms with E-state index >= 15 is 0 Å². The van der Waals surface area contributed by atoms with E-state index in [1.54, 1.807) is 0 Å². The van der Waals surface area contributed by atoms with Crippen LogP contribution in [0.1, 0.15) is 15.9 Å². The van der Waals surface area contributed by atoms with Gasteiger partial charge >= 0.3 is 41.8 Å². The maximum absolute atomic E-state index is 13.9. The molecule has 0 aliphatic carbocycles. The standard InChI is InChI=1S/C13H5F13O2/c14-8(15,6-4-2-1-3-5(6)7(27)28)9(16,17)10(18,19)11(20,21)12(22,23)13(24,25)26/h1-4H,(H,27,28). The van der Waals surface area contributed by atoms with Crippen molar-refractivity contribution >= 4 is 5.97 Å². The van der Waals surface area contributed by atoms with Crippen LogP contribution in [-0.2, 0) is 5.92 Å². The summed E-state index contributed by atoms with van der Waals surface area (Å²) in [6, 6.07) is 0.938. The van der Waals surface area contributed by atoms with Gasteiger partial charge in [-0.1, -0.05) is 18.2 Å². The minimum absolute atomic E-state index is 0.155. The first-order valence-electron chi connectivity index (χ1n) is 6.46. The third-order valence-electron chi connectivity index (χ3n) is 3.43. The topological polar surface area (TPSA) is 37.3 Å². The zero-order valence-electron chi connectivity index (χ0n) is 12.6. The number of hydrogen-bond acceptors (Lipinski definition) is 1. The molecular formula is C13H5F13O2. The minimum Gasteiger partial charge on any atom is -0.478 e. The highest BCUT2D eigenvalue weighted by atomic mass is 19.4. The number of aromatic carboxylic acids is 1. The molecular weight excluding hydrogens is 435 g/mol. The lowest BCUT2D eigenvalue weighted by molar-refractivity contribution is -0.441. The van der Waals surface area contributed by atoms with Crippen molar-refractivity contribution in [3.63, 3.8) is 0 Å². The number of benzene rings is 1. The normalized spacial score (nSPS) is 14.9. The highest BCUT2D eigenvalue weighted by Crippen LogP contribution is 2.62. The Balaban J connectivity index is 3.70. The summed E-state index contributed by atoms with van der Waals surface area (Å²) < 4.78 is 170. The van der Waals surface area contributed by atoms with Crippen molar-refractivity contribution in [2.24, 2.45) is 0 Å². The van der Waals surface area contributed by atoms with Crippen LogP contribution in [0.25, 0.3) is 0 Å². The first-order chi connectivity index (χ1) is 12.2. The first-order valence-corrected chi connectivity index (χ1v) is 6.46. The molecule has 0 saturated heterocycles. The molecule has 160 valence electrons. The van der Waals surface area contributed by atoms with Crippen LogP contribution in [0.5, 0.6) is 0 Å². The summed E-state index contributed by atoms with van der Waals surface area (Å²) in [5.41, 5.74) is -4.33. The third kappa shape index (κ3) is 3.03. The molecule has 1 aromatic carbocycles. The van der Waals surface area contributed by atoms with Crippen LogP contribution >= 0.6 is 0 Å². The van der Waals surface area contributed by atoms with Crippen molar-refractivity contribution in [2.75, 3.05) is 0 Å². The molecule has 1 rings (SSSR count). The largest absolute Gasteiger partial charge is 0.478 e. The summed E-state index contributed by atoms with van der Waals surface area (Å²) in [5, 5.41) is 8.61. The van der Waals surface area contributed by atoms with Gasteiger partial charge in [-0.25, -0.2) is 4.79 Å². The number of carboxylic acids is 1. The first kappa shape index (κ1) is 23.8. The van der Waals surface area contributed by atoms with Gasteiger partial charge in [0.15, 0.2) is 0 Å². The molecule has 0 aromatic heterocycles. The maximum Gasteiger partial charge on any atom is 0.460 e. The van der Waals surface area contributed by atoms with E-state index in [0.717, 1.165) is 0 Å². The van der Waals surface area contributed by atoms with Gasteiger partial charge in [0.1, 0.15) is 0 Å². The van der Waals surface area contributed by atoms with Crippen molar-refractivity contribution in [3.05, 3.63) is 35.4 Å². The number of alkyl halides is 13. The average molecular weight is 440 g/mol. The molecule has 28 heavy (non-hydrogen) atoms. The number of hydrogen-bond donors (Lipinski definition) is 1. The molecule has 0 aliphatic heterocycles. The van der Waals surface area contributed by atoms with Crippen molar-refractivity contribution in [3.8, 4) is 0 Å². The third-order valence-corrected chi connectivity index (χ3v) is 3.43. The van der Waals surface area contributed by atoms with Crippen LogP contribution in [0.15, 0.2) is 24.3 Å². The van der Waals surface area contributed by atoms with Gasteiger partial charge in [-0.05, 0) is 6.07 Å². The Bertz CT molecular complexity index is 751. The van der Waals surface area contributed by atoms with Gasteiger partial charge in [-0.15, -0.1) is 0 Å². The highest BCUT2D eigenvalue weighted by Gasteiger charge is 2.91. The lowest BCUT2D eigenvalue weighted by atomic mass is 9.88. The predicted molar refractivity (Wildman–Crippen MR) is 63.1 cm³/mol. The Morgan fingerprint density at radius 1 is 0.643 bits per heavy atom. The minimum atomic E-state index is -8.04. The van der Waals surface area contributed by atoms with E-state index in [4.69, 9.17) is 5.11 Å². The second-order valence-electron chi connectivity index (χ2n) is 5.22. The molecule has 0 fully saturated rings. The Labute approximate surface area is 145 Å². The van der Waals surface area contributed by atoms with E-state index in [0.29, 0.717) is 12.1 Å². The Morgan fingerprint density at radius 2 is 1.04 bits per heavy atom. The van der Waals surface area contributed by atoms with Gasteiger partial charge in [0.25, 0.3) is 0 Å². The summed E-state index contributed by atoms with van der Waals surface area (Å²) in [7, 11) is 0. The molecule has 0 atom stereocenters. The molecule has 15 heteroatoms. The van der Waals surface area contributed by atoms with Crippen LogP contribution in [0.2, 0.25) is 0 Å². The number of carboxylic acid groups (broad SMARTS) is 1. The molecule has 0 amide bonds. The molecule has 0 unspecified atom stereocenters. The molecule has 0 spiro atoms. The molecule has 0 heterocycles. The summed E-state index contributed by atoms with van der Waals surface area (Å²) in [6.07, 6.45) is -7.51. The Hall–Kier alpha value is -2.22. The fourth-order valence-corrected chi connectivity index (χ4v) is 1.88. The summed E-state index contributed by atoms with van der Waals surface area (Å²) in [4.78, 5) is 10.8. The van der Waals surface area contributed by atoms with E-state index in [9.17, 15) is 61.9 Å². The Kier molecular flexibility index (Phi) is 5.45. The zero-order valence-corrected chi connectivity index (χ0v) is 12.6. The van der Waals surface area contributed by atoms with Crippen molar-refractivity contribution in [1.82, 2.24) is 0 Å². The van der Waals surface area contributed by atoms with Gasteiger partial charge in [0.2, 0.25) is 0 Å². The van der Waals surface area contributed by atoms with Crippen molar-refractivity contribution < 1.29 is 67.0 Å². The second-order valence-corrected chi connectivity index (χ2v) is 5.22. The monoisotopic (exact) mass is 440 g/mol. The fraction of sp³-hybridized carbons (Fsp3) is 0.462. The van der Waals surface area contributed by atoms with Gasteiger partial charge in [0.05, 0.1) is 5.56 Å². The van der Waals surface area contributed by atoms with Gasteiger partial charge < -0.3 is 5.11 Å². The van der Waals surface area contributed by atoms with Crippen LogP contribution in [0, 0.1) is 0 Å². The molecule has 2 nitrogen and oxygen atoms in total. The zero-order chi connectivity index (χ0) is 22.6. The van der Waals surface area contributed by atoms with E-state index < -0.39 is 52.9 Å². The highest BCUT2D eigenvalue weighted by molar-refractivity contribution is 5.89. The Morgan fingerprint density at radius 3 is 1.43 bits per heavy atom. The SMILES string of the molecule is O=C(O)c1ccccc1C(F)(F)C(F)(F)C(F)(F)C(F)(F)C(F)(F)C(F)(F)F. The maximum atomic E-state index is 13.9. The van der Waals surface area contributed by atoms with E-state index in [2.05, 4.69) is 0 Å². The molecule has 0 bridgehead atoms. The number of rotatable bonds is 6. The lowest BCUT2D eigenvalue weighted by Gasteiger charge is -2.40. The van der Waals surface area contributed by atoms with Crippen LogP contribution < -0.4 is 0 Å². The van der Waals surface area contributed by atoms with Crippen molar-refractivity contribution in [2.45, 2.75) is 35.8 Å². The molecule has 0 saturated carbocycles. The summed E-state index contributed by atoms with van der Waals surface area (Å²) in [6.45, 7) is 0. The second kappa shape index (κ2) is 6.40. The lowest BCUT2D eigenvalue weighted by Crippen LogP contribution is -2.69. The predicted octanol–water partition coefficient (Wildman–Crippen LogP) is 5.58. The van der Waals surface area contributed by atoms with E-state index in [1.807, 2.05) is 0 Å². The van der Waals surface area contributed by atoms with Gasteiger partial charge in [-0.3, -0.25) is 0 Å². The number of carbonyl (C=O) groups is 1. The van der Waals surface area contributed by atoms with E-state index in [1.165, 1.54) is 0 Å². The van der Waals surface area contributed by atoms with Crippen LogP contribution in [0.3, 0.4) is 0 Å². The molecule has 1 N–H and O–H groups in total. The van der Waals surface area contributed by atoms with Gasteiger partial charge in [0, 0.05) is 5.56 Å². The van der Waals surface area contributed by atoms with E-state index in [-0.39, 0.29) is 12.1 Å². The summed E-state index contributed by atoms with van der Waals surface area (Å²) >= 11 is 0. The smallest absolute Gasteiger partial charge is 0.460 e. The fourth-order valence-electron chi connectivity index (χ4n) is 1.88. The molecule has 0 radical (unpaired) electrons.